The van der Waals surface area contributed by atoms with E-state index in [-0.39, 0.29) is 16.7 Å². The van der Waals surface area contributed by atoms with E-state index in [1.165, 1.54) is 32.4 Å². The molecule has 7 nitrogen and oxygen atoms in total. The van der Waals surface area contributed by atoms with Gasteiger partial charge in [-0.3, -0.25) is 9.10 Å². The quantitative estimate of drug-likeness (QED) is 0.404. The molecule has 0 saturated heterocycles. The lowest BCUT2D eigenvalue weighted by Gasteiger charge is -2.26. The second kappa shape index (κ2) is 11.5. The molecular weight excluding hydrogens is 488 g/mol. The van der Waals surface area contributed by atoms with Gasteiger partial charge in [-0.1, -0.05) is 48.4 Å². The third-order valence-corrected chi connectivity index (χ3v) is 7.59. The van der Waals surface area contributed by atoms with Gasteiger partial charge in [-0.25, -0.2) is 8.42 Å². The Balaban J connectivity index is 1.95. The molecule has 0 aliphatic carbocycles. The van der Waals surface area contributed by atoms with Gasteiger partial charge in [-0.2, -0.15) is 0 Å². The number of ether oxygens (including phenoxy) is 2. The van der Waals surface area contributed by atoms with Gasteiger partial charge in [0, 0.05) is 11.1 Å². The number of carbonyl (C=O) groups excluding carboxylic acids is 1. The van der Waals surface area contributed by atoms with Crippen LogP contribution in [0.5, 0.6) is 11.5 Å². The largest absolute Gasteiger partial charge is 0.493 e. The predicted molar refractivity (Wildman–Crippen MR) is 138 cm³/mol. The smallest absolute Gasteiger partial charge is 0.264 e. The van der Waals surface area contributed by atoms with Crippen LogP contribution in [-0.4, -0.2) is 35.1 Å². The molecular formula is C26H29ClN2O5S. The van der Waals surface area contributed by atoms with E-state index in [9.17, 15) is 13.2 Å². The summed E-state index contributed by atoms with van der Waals surface area (Å²) in [7, 11) is -1.25. The SMILES string of the molecule is CCC(NC(=O)CN(c1ccc(Cl)cc1)S(=O)(=O)c1ccc(OC)c(OC)c1)c1ccc(C)cc1. The number of nitrogens with zero attached hydrogens (tertiary/aromatic N) is 1. The number of benzene rings is 3. The van der Waals surface area contributed by atoms with Gasteiger partial charge in [-0.05, 0) is 55.3 Å². The maximum absolute atomic E-state index is 13.7. The molecule has 0 aliphatic heterocycles. The summed E-state index contributed by atoms with van der Waals surface area (Å²) >= 11 is 6.02. The topological polar surface area (TPSA) is 84.9 Å². The van der Waals surface area contributed by atoms with Crippen molar-refractivity contribution in [2.75, 3.05) is 25.1 Å². The van der Waals surface area contributed by atoms with E-state index >= 15 is 0 Å². The highest BCUT2D eigenvalue weighted by Gasteiger charge is 2.29. The lowest BCUT2D eigenvalue weighted by molar-refractivity contribution is -0.120. The number of anilines is 1. The van der Waals surface area contributed by atoms with Crippen molar-refractivity contribution < 1.29 is 22.7 Å². The van der Waals surface area contributed by atoms with Crippen LogP contribution in [0.25, 0.3) is 0 Å². The second-order valence-electron chi connectivity index (χ2n) is 7.94. The summed E-state index contributed by atoms with van der Waals surface area (Å²) in [5.41, 5.74) is 2.37. The minimum absolute atomic E-state index is 0.0384. The first-order chi connectivity index (χ1) is 16.7. The molecule has 0 aliphatic rings. The maximum Gasteiger partial charge on any atom is 0.264 e. The van der Waals surface area contributed by atoms with E-state index in [0.717, 1.165) is 15.4 Å². The van der Waals surface area contributed by atoms with Gasteiger partial charge in [0.1, 0.15) is 6.54 Å². The summed E-state index contributed by atoms with van der Waals surface area (Å²) in [5, 5.41) is 3.41. The van der Waals surface area contributed by atoms with Gasteiger partial charge in [0.2, 0.25) is 5.91 Å². The van der Waals surface area contributed by atoms with Crippen LogP contribution in [-0.2, 0) is 14.8 Å². The number of sulfonamides is 1. The molecule has 1 N–H and O–H groups in total. The second-order valence-corrected chi connectivity index (χ2v) is 10.2. The van der Waals surface area contributed by atoms with Crippen LogP contribution in [0, 0.1) is 6.92 Å². The van der Waals surface area contributed by atoms with Gasteiger partial charge >= 0.3 is 0 Å². The number of rotatable bonds is 10. The molecule has 0 heterocycles. The Labute approximate surface area is 211 Å². The fraction of sp³-hybridized carbons (Fsp3) is 0.269. The zero-order chi connectivity index (χ0) is 25.6. The number of amides is 1. The summed E-state index contributed by atoms with van der Waals surface area (Å²) in [6, 6.07) is 18.2. The number of hydrogen-bond donors (Lipinski definition) is 1. The molecule has 0 fully saturated rings. The summed E-state index contributed by atoms with van der Waals surface area (Å²) < 4.78 is 39.0. The van der Waals surface area contributed by atoms with Crippen LogP contribution in [0.2, 0.25) is 5.02 Å². The third-order valence-electron chi connectivity index (χ3n) is 5.57. The average Bonchev–Trinajstić information content (AvgIpc) is 2.86. The third kappa shape index (κ3) is 6.26. The Hall–Kier alpha value is -3.23. The highest BCUT2D eigenvalue weighted by Crippen LogP contribution is 2.32. The molecule has 0 bridgehead atoms. The van der Waals surface area contributed by atoms with Gasteiger partial charge < -0.3 is 14.8 Å². The first kappa shape index (κ1) is 26.4. The Morgan fingerprint density at radius 1 is 0.971 bits per heavy atom. The molecule has 9 heteroatoms. The molecule has 0 saturated carbocycles. The Kier molecular flexibility index (Phi) is 8.64. The molecule has 3 aromatic carbocycles. The van der Waals surface area contributed by atoms with E-state index in [0.29, 0.717) is 22.9 Å². The van der Waals surface area contributed by atoms with Crippen molar-refractivity contribution >= 4 is 33.2 Å². The van der Waals surface area contributed by atoms with Crippen LogP contribution in [0.4, 0.5) is 5.69 Å². The van der Waals surface area contributed by atoms with Crippen LogP contribution in [0.15, 0.2) is 71.6 Å². The minimum atomic E-state index is -4.14. The summed E-state index contributed by atoms with van der Waals surface area (Å²) in [5.74, 6) is 0.224. The lowest BCUT2D eigenvalue weighted by atomic mass is 10.0. The number of nitrogens with one attached hydrogen (secondary N) is 1. The monoisotopic (exact) mass is 516 g/mol. The van der Waals surface area contributed by atoms with Crippen LogP contribution in [0.3, 0.4) is 0 Å². The molecule has 1 atom stereocenters. The Morgan fingerprint density at radius 3 is 2.17 bits per heavy atom. The number of halogens is 1. The molecule has 35 heavy (non-hydrogen) atoms. The van der Waals surface area contributed by atoms with Gasteiger partial charge in [0.05, 0.1) is 30.8 Å². The molecule has 3 rings (SSSR count). The number of carbonyl (C=O) groups is 1. The van der Waals surface area contributed by atoms with Crippen LogP contribution >= 0.6 is 11.6 Å². The number of aryl methyl sites for hydroxylation is 1. The normalized spacial score (nSPS) is 12.0. The van der Waals surface area contributed by atoms with Crippen molar-refractivity contribution in [3.63, 3.8) is 0 Å². The summed E-state index contributed by atoms with van der Waals surface area (Å²) in [6.45, 7) is 3.54. The van der Waals surface area contributed by atoms with Crippen LogP contribution in [0.1, 0.15) is 30.5 Å². The standard InChI is InChI=1S/C26H29ClN2O5S/c1-5-23(19-8-6-18(2)7-9-19)28-26(30)17-29(21-12-10-20(27)11-13-21)35(31,32)22-14-15-24(33-3)25(16-22)34-4/h6-16,23H,5,17H2,1-4H3,(H,28,30). The average molecular weight is 517 g/mol. The van der Waals surface area contributed by atoms with E-state index in [2.05, 4.69) is 5.32 Å². The van der Waals surface area contributed by atoms with E-state index in [1.54, 1.807) is 24.3 Å². The van der Waals surface area contributed by atoms with Crippen molar-refractivity contribution in [1.29, 1.82) is 0 Å². The Morgan fingerprint density at radius 2 is 1.60 bits per heavy atom. The van der Waals surface area contributed by atoms with Crippen molar-refractivity contribution in [3.05, 3.63) is 82.9 Å². The van der Waals surface area contributed by atoms with Crippen molar-refractivity contribution in [3.8, 4) is 11.5 Å². The van der Waals surface area contributed by atoms with Gasteiger partial charge in [0.25, 0.3) is 10.0 Å². The summed E-state index contributed by atoms with van der Waals surface area (Å²) in [4.78, 5) is 13.1. The van der Waals surface area contributed by atoms with Crippen molar-refractivity contribution in [2.45, 2.75) is 31.2 Å². The molecule has 3 aromatic rings. The van der Waals surface area contributed by atoms with Gasteiger partial charge in [-0.15, -0.1) is 0 Å². The molecule has 0 radical (unpaired) electrons. The highest BCUT2D eigenvalue weighted by molar-refractivity contribution is 7.92. The van der Waals surface area contributed by atoms with Crippen molar-refractivity contribution in [2.24, 2.45) is 0 Å². The molecule has 186 valence electrons. The fourth-order valence-corrected chi connectivity index (χ4v) is 5.18. The van der Waals surface area contributed by atoms with E-state index in [4.69, 9.17) is 21.1 Å². The zero-order valence-electron chi connectivity index (χ0n) is 20.1. The zero-order valence-corrected chi connectivity index (χ0v) is 21.7. The van der Waals surface area contributed by atoms with Gasteiger partial charge in [0.15, 0.2) is 11.5 Å². The van der Waals surface area contributed by atoms with E-state index < -0.39 is 22.5 Å². The Bertz CT molecular complexity index is 1260. The summed E-state index contributed by atoms with van der Waals surface area (Å²) in [6.07, 6.45) is 0.651. The first-order valence-electron chi connectivity index (χ1n) is 11.1. The number of hydrogen-bond acceptors (Lipinski definition) is 5. The van der Waals surface area contributed by atoms with Crippen LogP contribution < -0.4 is 19.1 Å². The highest BCUT2D eigenvalue weighted by atomic mass is 35.5. The van der Waals surface area contributed by atoms with E-state index in [1.807, 2.05) is 38.1 Å². The molecule has 1 unspecified atom stereocenters. The molecule has 0 spiro atoms. The minimum Gasteiger partial charge on any atom is -0.493 e. The van der Waals surface area contributed by atoms with Crippen molar-refractivity contribution in [1.82, 2.24) is 5.32 Å². The lowest BCUT2D eigenvalue weighted by Crippen LogP contribution is -2.42. The molecule has 1 amide bonds. The fourth-order valence-electron chi connectivity index (χ4n) is 3.62. The number of methoxy groups -OCH3 is 2. The first-order valence-corrected chi connectivity index (χ1v) is 12.9. The molecule has 0 aromatic heterocycles. The predicted octanol–water partition coefficient (Wildman–Crippen LogP) is 5.13. The maximum atomic E-state index is 13.7.